The van der Waals surface area contributed by atoms with Gasteiger partial charge in [-0.2, -0.15) is 0 Å². The Morgan fingerprint density at radius 1 is 1.43 bits per heavy atom. The lowest BCUT2D eigenvalue weighted by molar-refractivity contribution is 0.111. The van der Waals surface area contributed by atoms with E-state index in [4.69, 9.17) is 10.5 Å². The summed E-state index contributed by atoms with van der Waals surface area (Å²) in [5.74, 6) is 0.822. The van der Waals surface area contributed by atoms with Gasteiger partial charge in [0.25, 0.3) is 0 Å². The Bertz CT molecular complexity index is 323. The van der Waals surface area contributed by atoms with E-state index < -0.39 is 0 Å². The van der Waals surface area contributed by atoms with Crippen molar-refractivity contribution in [2.24, 2.45) is 5.92 Å². The maximum Gasteiger partial charge on any atom is 0.0727 e. The van der Waals surface area contributed by atoms with Crippen LogP contribution < -0.4 is 5.73 Å². The van der Waals surface area contributed by atoms with Gasteiger partial charge in [0.2, 0.25) is 0 Å². The predicted molar refractivity (Wildman–Crippen MR) is 60.9 cm³/mol. The Kier molecular flexibility index (Phi) is 3.08. The van der Waals surface area contributed by atoms with Gasteiger partial charge in [0, 0.05) is 16.8 Å². The molecule has 0 aromatic heterocycles. The van der Waals surface area contributed by atoms with Crippen LogP contribution in [0.2, 0.25) is 0 Å². The van der Waals surface area contributed by atoms with Crippen molar-refractivity contribution in [2.45, 2.75) is 19.4 Å². The quantitative estimate of drug-likeness (QED) is 0.840. The Morgan fingerprint density at radius 3 is 2.86 bits per heavy atom. The zero-order chi connectivity index (χ0) is 9.97. The molecule has 0 radical (unpaired) electrons. The molecule has 0 saturated heterocycles. The van der Waals surface area contributed by atoms with Gasteiger partial charge in [0.05, 0.1) is 6.61 Å². The average molecular weight is 256 g/mol. The van der Waals surface area contributed by atoms with Crippen molar-refractivity contribution >= 4 is 21.6 Å². The standard InChI is InChI=1S/C11H14BrNO/c12-11-5-10(13)4-3-9(11)7-14-6-8-1-2-8/h3-5,8H,1-2,6-7,13H2. The molecule has 1 aliphatic carbocycles. The van der Waals surface area contributed by atoms with E-state index in [-0.39, 0.29) is 0 Å². The molecule has 2 N–H and O–H groups in total. The van der Waals surface area contributed by atoms with E-state index in [9.17, 15) is 0 Å². The van der Waals surface area contributed by atoms with Gasteiger partial charge in [0.15, 0.2) is 0 Å². The first-order valence-electron chi connectivity index (χ1n) is 4.87. The van der Waals surface area contributed by atoms with Gasteiger partial charge in [-0.05, 0) is 36.5 Å². The molecule has 0 atom stereocenters. The van der Waals surface area contributed by atoms with Crippen LogP contribution in [-0.2, 0) is 11.3 Å². The van der Waals surface area contributed by atoms with Crippen LogP contribution in [0.5, 0.6) is 0 Å². The second-order valence-electron chi connectivity index (χ2n) is 3.81. The highest BCUT2D eigenvalue weighted by Gasteiger charge is 2.21. The first-order chi connectivity index (χ1) is 6.75. The van der Waals surface area contributed by atoms with Crippen molar-refractivity contribution in [3.63, 3.8) is 0 Å². The largest absolute Gasteiger partial charge is 0.399 e. The third-order valence-electron chi connectivity index (χ3n) is 2.39. The predicted octanol–water partition coefficient (Wildman–Crippen LogP) is 2.96. The Balaban J connectivity index is 1.87. The van der Waals surface area contributed by atoms with Gasteiger partial charge in [-0.1, -0.05) is 22.0 Å². The van der Waals surface area contributed by atoms with Crippen LogP contribution in [0.4, 0.5) is 5.69 Å². The van der Waals surface area contributed by atoms with Crippen molar-refractivity contribution in [1.29, 1.82) is 0 Å². The fraction of sp³-hybridized carbons (Fsp3) is 0.455. The topological polar surface area (TPSA) is 35.2 Å². The van der Waals surface area contributed by atoms with Crippen molar-refractivity contribution in [1.82, 2.24) is 0 Å². The lowest BCUT2D eigenvalue weighted by atomic mass is 10.2. The van der Waals surface area contributed by atoms with Crippen molar-refractivity contribution < 1.29 is 4.74 Å². The summed E-state index contributed by atoms with van der Waals surface area (Å²) in [4.78, 5) is 0. The van der Waals surface area contributed by atoms with Crippen molar-refractivity contribution in [2.75, 3.05) is 12.3 Å². The number of rotatable bonds is 4. The molecular formula is C11H14BrNO. The van der Waals surface area contributed by atoms with Crippen LogP contribution >= 0.6 is 15.9 Å². The molecule has 2 rings (SSSR count). The van der Waals surface area contributed by atoms with E-state index in [1.807, 2.05) is 18.2 Å². The van der Waals surface area contributed by atoms with Gasteiger partial charge in [-0.3, -0.25) is 0 Å². The normalized spacial score (nSPS) is 15.8. The maximum absolute atomic E-state index is 5.64. The van der Waals surface area contributed by atoms with E-state index in [1.54, 1.807) is 0 Å². The first-order valence-corrected chi connectivity index (χ1v) is 5.66. The van der Waals surface area contributed by atoms with Gasteiger partial charge in [-0.25, -0.2) is 0 Å². The summed E-state index contributed by atoms with van der Waals surface area (Å²) in [5.41, 5.74) is 7.59. The molecule has 76 valence electrons. The maximum atomic E-state index is 5.64. The smallest absolute Gasteiger partial charge is 0.0727 e. The third-order valence-corrected chi connectivity index (χ3v) is 3.12. The summed E-state index contributed by atoms with van der Waals surface area (Å²) in [6.07, 6.45) is 2.67. The molecule has 0 aliphatic heterocycles. The van der Waals surface area contributed by atoms with Crippen molar-refractivity contribution in [3.8, 4) is 0 Å². The summed E-state index contributed by atoms with van der Waals surface area (Å²) in [6, 6.07) is 5.82. The van der Waals surface area contributed by atoms with Crippen LogP contribution in [0.15, 0.2) is 22.7 Å². The number of hydrogen-bond donors (Lipinski definition) is 1. The van der Waals surface area contributed by atoms with Crippen LogP contribution in [0.3, 0.4) is 0 Å². The second kappa shape index (κ2) is 4.32. The zero-order valence-corrected chi connectivity index (χ0v) is 9.59. The minimum Gasteiger partial charge on any atom is -0.399 e. The Labute approximate surface area is 92.6 Å². The molecule has 1 aromatic rings. The number of hydrogen-bond acceptors (Lipinski definition) is 2. The average Bonchev–Trinajstić information content (AvgIpc) is 2.92. The molecule has 0 amide bonds. The number of benzene rings is 1. The molecule has 3 heteroatoms. The molecule has 0 spiro atoms. The van der Waals surface area contributed by atoms with Crippen LogP contribution in [0, 0.1) is 5.92 Å². The van der Waals surface area contributed by atoms with E-state index in [0.717, 1.165) is 22.7 Å². The molecule has 1 aliphatic rings. The van der Waals surface area contributed by atoms with Gasteiger partial charge >= 0.3 is 0 Å². The van der Waals surface area contributed by atoms with Crippen LogP contribution in [-0.4, -0.2) is 6.61 Å². The molecule has 0 bridgehead atoms. The molecule has 1 saturated carbocycles. The van der Waals surface area contributed by atoms with Crippen LogP contribution in [0.1, 0.15) is 18.4 Å². The second-order valence-corrected chi connectivity index (χ2v) is 4.66. The molecule has 1 aromatic carbocycles. The molecular weight excluding hydrogens is 242 g/mol. The zero-order valence-electron chi connectivity index (χ0n) is 8.00. The lowest BCUT2D eigenvalue weighted by Crippen LogP contribution is -1.98. The minimum atomic E-state index is 0.678. The highest BCUT2D eigenvalue weighted by Crippen LogP contribution is 2.29. The fourth-order valence-electron chi connectivity index (χ4n) is 1.30. The van der Waals surface area contributed by atoms with Gasteiger partial charge < -0.3 is 10.5 Å². The Morgan fingerprint density at radius 2 is 2.21 bits per heavy atom. The first kappa shape index (κ1) is 9.99. The van der Waals surface area contributed by atoms with E-state index in [1.165, 1.54) is 18.4 Å². The number of nitrogen functional groups attached to an aromatic ring is 1. The fourth-order valence-corrected chi connectivity index (χ4v) is 1.81. The number of halogens is 1. The van der Waals surface area contributed by atoms with Gasteiger partial charge in [0.1, 0.15) is 0 Å². The molecule has 0 heterocycles. The van der Waals surface area contributed by atoms with E-state index >= 15 is 0 Å². The molecule has 1 fully saturated rings. The van der Waals surface area contributed by atoms with E-state index in [2.05, 4.69) is 15.9 Å². The van der Waals surface area contributed by atoms with E-state index in [0.29, 0.717) is 6.61 Å². The highest BCUT2D eigenvalue weighted by molar-refractivity contribution is 9.10. The molecule has 0 unspecified atom stereocenters. The SMILES string of the molecule is Nc1ccc(COCC2CC2)c(Br)c1. The lowest BCUT2D eigenvalue weighted by Gasteiger charge is -2.06. The number of anilines is 1. The van der Waals surface area contributed by atoms with Gasteiger partial charge in [-0.15, -0.1) is 0 Å². The summed E-state index contributed by atoms with van der Waals surface area (Å²) < 4.78 is 6.63. The summed E-state index contributed by atoms with van der Waals surface area (Å²) >= 11 is 3.47. The molecule has 14 heavy (non-hydrogen) atoms. The number of nitrogens with two attached hydrogens (primary N) is 1. The monoisotopic (exact) mass is 255 g/mol. The Hall–Kier alpha value is -0.540. The summed E-state index contributed by atoms with van der Waals surface area (Å²) in [6.45, 7) is 1.58. The third kappa shape index (κ3) is 2.72. The highest BCUT2D eigenvalue weighted by atomic mass is 79.9. The molecule has 2 nitrogen and oxygen atoms in total. The minimum absolute atomic E-state index is 0.678. The summed E-state index contributed by atoms with van der Waals surface area (Å²) in [7, 11) is 0. The van der Waals surface area contributed by atoms with Crippen molar-refractivity contribution in [3.05, 3.63) is 28.2 Å². The number of ether oxygens (including phenoxy) is 1. The summed E-state index contributed by atoms with van der Waals surface area (Å²) in [5, 5.41) is 0. The van der Waals surface area contributed by atoms with Crippen LogP contribution in [0.25, 0.3) is 0 Å².